The van der Waals surface area contributed by atoms with E-state index in [9.17, 15) is 14.4 Å². The molecule has 22 heavy (non-hydrogen) atoms. The van der Waals surface area contributed by atoms with Crippen molar-refractivity contribution in [3.8, 4) is 0 Å². The van der Waals surface area contributed by atoms with Crippen LogP contribution in [0, 0.1) is 6.92 Å². The van der Waals surface area contributed by atoms with Gasteiger partial charge in [0.05, 0.1) is 23.9 Å². The quantitative estimate of drug-likeness (QED) is 0.734. The van der Waals surface area contributed by atoms with Gasteiger partial charge in [-0.2, -0.15) is 0 Å². The van der Waals surface area contributed by atoms with Gasteiger partial charge in [-0.25, -0.2) is 9.78 Å². The lowest BCUT2D eigenvalue weighted by molar-refractivity contribution is 0.101. The minimum Gasteiger partial charge on any atom is -0.467 e. The molecule has 3 aromatic heterocycles. The molecule has 0 atom stereocenters. The van der Waals surface area contributed by atoms with Gasteiger partial charge in [-0.15, -0.1) is 0 Å². The maximum absolute atomic E-state index is 12.1. The second kappa shape index (κ2) is 5.10. The summed E-state index contributed by atoms with van der Waals surface area (Å²) >= 11 is 0. The van der Waals surface area contributed by atoms with E-state index >= 15 is 0 Å². The van der Waals surface area contributed by atoms with E-state index < -0.39 is 11.2 Å². The fraction of sp³-hybridized carbons (Fsp3) is 0.200. The van der Waals surface area contributed by atoms with E-state index in [1.54, 1.807) is 19.1 Å². The molecule has 0 saturated carbocycles. The van der Waals surface area contributed by atoms with E-state index in [1.807, 2.05) is 0 Å². The largest absolute Gasteiger partial charge is 0.467 e. The highest BCUT2D eigenvalue weighted by Gasteiger charge is 2.14. The average Bonchev–Trinajstić information content (AvgIpc) is 2.95. The summed E-state index contributed by atoms with van der Waals surface area (Å²) in [6.45, 7) is 3.22. The fourth-order valence-electron chi connectivity index (χ4n) is 2.36. The molecule has 3 heterocycles. The van der Waals surface area contributed by atoms with Crippen molar-refractivity contribution in [3.63, 3.8) is 0 Å². The summed E-state index contributed by atoms with van der Waals surface area (Å²) in [5.41, 5.74) is -0.0749. The number of hydrogen-bond donors (Lipinski definition) is 1. The van der Waals surface area contributed by atoms with Crippen molar-refractivity contribution in [2.45, 2.75) is 20.4 Å². The van der Waals surface area contributed by atoms with Crippen molar-refractivity contribution in [2.24, 2.45) is 0 Å². The third-order valence-corrected chi connectivity index (χ3v) is 3.43. The second-order valence-corrected chi connectivity index (χ2v) is 4.97. The normalized spacial score (nSPS) is 11.0. The van der Waals surface area contributed by atoms with E-state index in [0.29, 0.717) is 17.0 Å². The Morgan fingerprint density at radius 2 is 2.18 bits per heavy atom. The van der Waals surface area contributed by atoms with Crippen LogP contribution in [0.2, 0.25) is 0 Å². The van der Waals surface area contributed by atoms with Crippen LogP contribution < -0.4 is 11.2 Å². The molecule has 112 valence electrons. The second-order valence-electron chi connectivity index (χ2n) is 4.97. The molecule has 3 rings (SSSR count). The maximum Gasteiger partial charge on any atom is 0.330 e. The maximum atomic E-state index is 12.1. The third kappa shape index (κ3) is 2.26. The molecule has 0 radical (unpaired) electrons. The SMILES string of the molecule is CC(=O)c1cc2c(=O)[nH]c(=O)n(Cc3ccco3)c2nc1C. The van der Waals surface area contributed by atoms with E-state index in [0.717, 1.165) is 0 Å². The van der Waals surface area contributed by atoms with Crippen LogP contribution in [0.3, 0.4) is 0 Å². The first kappa shape index (κ1) is 14.0. The average molecular weight is 299 g/mol. The summed E-state index contributed by atoms with van der Waals surface area (Å²) in [6.07, 6.45) is 1.50. The van der Waals surface area contributed by atoms with Crippen molar-refractivity contribution in [2.75, 3.05) is 0 Å². The van der Waals surface area contributed by atoms with Gasteiger partial charge in [-0.05, 0) is 32.0 Å². The van der Waals surface area contributed by atoms with E-state index in [4.69, 9.17) is 4.42 Å². The lowest BCUT2D eigenvalue weighted by atomic mass is 10.1. The number of aromatic nitrogens is 3. The lowest BCUT2D eigenvalue weighted by Gasteiger charge is -2.09. The molecule has 0 amide bonds. The van der Waals surface area contributed by atoms with Crippen LogP contribution >= 0.6 is 0 Å². The topological polar surface area (TPSA) is 98.0 Å². The van der Waals surface area contributed by atoms with Gasteiger partial charge in [0.15, 0.2) is 5.78 Å². The predicted octanol–water partition coefficient (Wildman–Crippen LogP) is 1.24. The Labute approximate surface area is 124 Å². The Balaban J connectivity index is 2.32. The van der Waals surface area contributed by atoms with E-state index in [1.165, 1.54) is 23.8 Å². The number of H-pyrrole nitrogens is 1. The number of aryl methyl sites for hydroxylation is 1. The van der Waals surface area contributed by atoms with Gasteiger partial charge in [0.2, 0.25) is 0 Å². The number of nitrogens with zero attached hydrogens (tertiary/aromatic N) is 2. The van der Waals surface area contributed by atoms with Crippen molar-refractivity contribution < 1.29 is 9.21 Å². The molecular weight excluding hydrogens is 286 g/mol. The molecule has 0 spiro atoms. The first-order chi connectivity index (χ1) is 10.5. The summed E-state index contributed by atoms with van der Waals surface area (Å²) in [7, 11) is 0. The van der Waals surface area contributed by atoms with Crippen molar-refractivity contribution in [3.05, 3.63) is 62.3 Å². The molecule has 0 saturated heterocycles. The number of Topliss-reactive ketones (excluding diaryl/α,β-unsaturated/α-hetero) is 1. The highest BCUT2D eigenvalue weighted by atomic mass is 16.3. The van der Waals surface area contributed by atoms with Crippen LogP contribution in [0.4, 0.5) is 0 Å². The monoisotopic (exact) mass is 299 g/mol. The Morgan fingerprint density at radius 1 is 1.41 bits per heavy atom. The summed E-state index contributed by atoms with van der Waals surface area (Å²) in [6, 6.07) is 4.90. The number of aromatic amines is 1. The van der Waals surface area contributed by atoms with Gasteiger partial charge in [0, 0.05) is 5.56 Å². The number of fused-ring (bicyclic) bond motifs is 1. The van der Waals surface area contributed by atoms with E-state index in [2.05, 4.69) is 9.97 Å². The highest BCUT2D eigenvalue weighted by Crippen LogP contribution is 2.14. The lowest BCUT2D eigenvalue weighted by Crippen LogP contribution is -2.31. The highest BCUT2D eigenvalue weighted by molar-refractivity contribution is 5.97. The van der Waals surface area contributed by atoms with Crippen molar-refractivity contribution >= 4 is 16.8 Å². The van der Waals surface area contributed by atoms with Gasteiger partial charge in [0.1, 0.15) is 11.4 Å². The molecule has 0 fully saturated rings. The molecule has 0 unspecified atom stereocenters. The molecule has 3 aromatic rings. The van der Waals surface area contributed by atoms with Crippen LogP contribution in [0.15, 0.2) is 38.5 Å². The first-order valence-corrected chi connectivity index (χ1v) is 6.65. The molecule has 7 heteroatoms. The van der Waals surface area contributed by atoms with Crippen LogP contribution in [0.5, 0.6) is 0 Å². The van der Waals surface area contributed by atoms with Crippen LogP contribution in [0.25, 0.3) is 11.0 Å². The third-order valence-electron chi connectivity index (χ3n) is 3.43. The number of ketones is 1. The van der Waals surface area contributed by atoms with Crippen LogP contribution in [-0.2, 0) is 6.54 Å². The van der Waals surface area contributed by atoms with Gasteiger partial charge in [0.25, 0.3) is 5.56 Å². The minimum absolute atomic E-state index is 0.144. The first-order valence-electron chi connectivity index (χ1n) is 6.65. The van der Waals surface area contributed by atoms with Crippen molar-refractivity contribution in [1.29, 1.82) is 0 Å². The number of pyridine rings is 1. The molecule has 0 aromatic carbocycles. The Hall–Kier alpha value is -2.96. The van der Waals surface area contributed by atoms with Crippen LogP contribution in [0.1, 0.15) is 28.7 Å². The predicted molar refractivity (Wildman–Crippen MR) is 79.2 cm³/mol. The molecule has 0 aliphatic rings. The van der Waals surface area contributed by atoms with E-state index in [-0.39, 0.29) is 23.4 Å². The minimum atomic E-state index is -0.573. The number of nitrogens with one attached hydrogen (secondary N) is 1. The van der Waals surface area contributed by atoms with Gasteiger partial charge < -0.3 is 4.42 Å². The molecule has 0 aliphatic heterocycles. The summed E-state index contributed by atoms with van der Waals surface area (Å²) < 4.78 is 6.54. The summed E-state index contributed by atoms with van der Waals surface area (Å²) in [5, 5.41) is 0.196. The number of furan rings is 1. The van der Waals surface area contributed by atoms with Gasteiger partial charge in [-0.3, -0.25) is 19.1 Å². The number of carbonyl (C=O) groups excluding carboxylic acids is 1. The Kier molecular flexibility index (Phi) is 3.25. The molecule has 0 aliphatic carbocycles. The number of carbonyl (C=O) groups is 1. The Morgan fingerprint density at radius 3 is 2.82 bits per heavy atom. The zero-order valence-corrected chi connectivity index (χ0v) is 12.0. The zero-order chi connectivity index (χ0) is 15.9. The number of hydrogen-bond acceptors (Lipinski definition) is 5. The van der Waals surface area contributed by atoms with Crippen molar-refractivity contribution in [1.82, 2.24) is 14.5 Å². The van der Waals surface area contributed by atoms with Crippen LogP contribution in [-0.4, -0.2) is 20.3 Å². The molecular formula is C15H13N3O4. The Bertz CT molecular complexity index is 980. The fourth-order valence-corrected chi connectivity index (χ4v) is 2.36. The smallest absolute Gasteiger partial charge is 0.330 e. The zero-order valence-electron chi connectivity index (χ0n) is 12.0. The summed E-state index contributed by atoms with van der Waals surface area (Å²) in [4.78, 5) is 42.2. The molecule has 7 nitrogen and oxygen atoms in total. The molecule has 0 bridgehead atoms. The standard InChI is InChI=1S/C15H13N3O4/c1-8-11(9(2)19)6-12-13(16-8)18(15(21)17-14(12)20)7-10-4-3-5-22-10/h3-6H,7H2,1-2H3,(H,17,20,21). The van der Waals surface area contributed by atoms with Gasteiger partial charge in [-0.1, -0.05) is 0 Å². The molecule has 1 N–H and O–H groups in total. The number of rotatable bonds is 3. The summed E-state index contributed by atoms with van der Waals surface area (Å²) in [5.74, 6) is 0.376. The van der Waals surface area contributed by atoms with Gasteiger partial charge >= 0.3 is 5.69 Å².